The third-order valence-electron chi connectivity index (χ3n) is 3.18. The fourth-order valence-corrected chi connectivity index (χ4v) is 2.44. The van der Waals surface area contributed by atoms with Crippen LogP contribution in [0.3, 0.4) is 0 Å². The molecule has 14 heavy (non-hydrogen) atoms. The van der Waals surface area contributed by atoms with E-state index in [2.05, 4.69) is 22.8 Å². The van der Waals surface area contributed by atoms with E-state index in [4.69, 9.17) is 0 Å². The molecule has 1 atom stereocenters. The van der Waals surface area contributed by atoms with Crippen LogP contribution in [0.1, 0.15) is 25.7 Å². The molecule has 0 aromatic rings. The number of nitrogens with one attached hydrogen (secondary N) is 2. The van der Waals surface area contributed by atoms with Gasteiger partial charge in [-0.25, -0.2) is 0 Å². The summed E-state index contributed by atoms with van der Waals surface area (Å²) in [5.41, 5.74) is 3.11. The Morgan fingerprint density at radius 1 is 1.57 bits per heavy atom. The van der Waals surface area contributed by atoms with Gasteiger partial charge in [0.1, 0.15) is 0 Å². The lowest BCUT2D eigenvalue weighted by atomic mass is 9.89. The van der Waals surface area contributed by atoms with Gasteiger partial charge in [0.25, 0.3) is 0 Å². The van der Waals surface area contributed by atoms with E-state index in [1.807, 2.05) is 7.05 Å². The van der Waals surface area contributed by atoms with Crippen molar-refractivity contribution in [3.8, 4) is 0 Å². The van der Waals surface area contributed by atoms with E-state index in [0.29, 0.717) is 0 Å². The third kappa shape index (κ3) is 2.01. The molecule has 2 nitrogen and oxygen atoms in total. The molecule has 0 bridgehead atoms. The molecule has 1 aliphatic heterocycles. The van der Waals surface area contributed by atoms with Gasteiger partial charge in [-0.05, 0) is 44.8 Å². The second-order valence-corrected chi connectivity index (χ2v) is 4.20. The fraction of sp³-hybridized carbons (Fsp3) is 0.667. The quantitative estimate of drug-likeness (QED) is 0.664. The van der Waals surface area contributed by atoms with Crippen LogP contribution in [-0.4, -0.2) is 20.1 Å². The lowest BCUT2D eigenvalue weighted by molar-refractivity contribution is 0.504. The van der Waals surface area contributed by atoms with Crippen LogP contribution in [0, 0.1) is 5.92 Å². The van der Waals surface area contributed by atoms with E-state index >= 15 is 0 Å². The first kappa shape index (κ1) is 9.78. The standard InChI is InChI=1S/C12H20N2/c1-13-8-3-6-10-4-2-5-11-7-9-14-12(10)11/h2,5,10,13-14H,3-4,6-9H2,1H3. The predicted molar refractivity (Wildman–Crippen MR) is 60.1 cm³/mol. The number of hydrogen-bond acceptors (Lipinski definition) is 2. The molecule has 0 saturated carbocycles. The Bertz CT molecular complexity index is 253. The largest absolute Gasteiger partial charge is 0.388 e. The van der Waals surface area contributed by atoms with Gasteiger partial charge in [-0.2, -0.15) is 0 Å². The molecule has 0 aromatic heterocycles. The number of rotatable bonds is 4. The monoisotopic (exact) mass is 192 g/mol. The zero-order valence-corrected chi connectivity index (χ0v) is 8.97. The van der Waals surface area contributed by atoms with Crippen LogP contribution in [0.2, 0.25) is 0 Å². The van der Waals surface area contributed by atoms with Gasteiger partial charge in [0.15, 0.2) is 0 Å². The summed E-state index contributed by atoms with van der Waals surface area (Å²) in [4.78, 5) is 0. The molecule has 0 radical (unpaired) electrons. The van der Waals surface area contributed by atoms with Crippen LogP contribution < -0.4 is 10.6 Å². The van der Waals surface area contributed by atoms with Crippen molar-refractivity contribution in [2.75, 3.05) is 20.1 Å². The highest BCUT2D eigenvalue weighted by Gasteiger charge is 2.22. The fourth-order valence-electron chi connectivity index (χ4n) is 2.44. The van der Waals surface area contributed by atoms with Gasteiger partial charge in [-0.15, -0.1) is 0 Å². The first-order chi connectivity index (χ1) is 6.92. The molecular formula is C12H20N2. The van der Waals surface area contributed by atoms with E-state index < -0.39 is 0 Å². The van der Waals surface area contributed by atoms with Crippen LogP contribution in [0.5, 0.6) is 0 Å². The second kappa shape index (κ2) is 4.65. The highest BCUT2D eigenvalue weighted by Crippen LogP contribution is 2.31. The van der Waals surface area contributed by atoms with Crippen molar-refractivity contribution < 1.29 is 0 Å². The van der Waals surface area contributed by atoms with Crippen LogP contribution in [0.25, 0.3) is 0 Å². The molecule has 2 rings (SSSR count). The molecule has 0 saturated heterocycles. The van der Waals surface area contributed by atoms with Crippen LogP contribution in [0.15, 0.2) is 23.4 Å². The van der Waals surface area contributed by atoms with Crippen LogP contribution in [-0.2, 0) is 0 Å². The normalized spacial score (nSPS) is 25.1. The summed E-state index contributed by atoms with van der Waals surface area (Å²) in [6.45, 7) is 2.29. The molecule has 78 valence electrons. The van der Waals surface area contributed by atoms with Gasteiger partial charge < -0.3 is 10.6 Å². The average Bonchev–Trinajstić information content (AvgIpc) is 2.67. The topological polar surface area (TPSA) is 24.1 Å². The maximum Gasteiger partial charge on any atom is 0.0185 e. The van der Waals surface area contributed by atoms with Crippen molar-refractivity contribution in [1.82, 2.24) is 10.6 Å². The highest BCUT2D eigenvalue weighted by molar-refractivity contribution is 5.33. The highest BCUT2D eigenvalue weighted by atomic mass is 14.9. The zero-order valence-electron chi connectivity index (χ0n) is 8.97. The summed E-state index contributed by atoms with van der Waals surface area (Å²) in [5, 5.41) is 6.76. The van der Waals surface area contributed by atoms with Crippen molar-refractivity contribution in [1.29, 1.82) is 0 Å². The second-order valence-electron chi connectivity index (χ2n) is 4.20. The van der Waals surface area contributed by atoms with Crippen molar-refractivity contribution in [3.63, 3.8) is 0 Å². The van der Waals surface area contributed by atoms with Crippen molar-refractivity contribution in [2.24, 2.45) is 5.92 Å². The molecular weight excluding hydrogens is 172 g/mol. The average molecular weight is 192 g/mol. The van der Waals surface area contributed by atoms with Crippen molar-refractivity contribution in [3.05, 3.63) is 23.4 Å². The minimum atomic E-state index is 0.769. The van der Waals surface area contributed by atoms with Crippen LogP contribution in [0.4, 0.5) is 0 Å². The zero-order chi connectivity index (χ0) is 9.80. The number of allylic oxidation sites excluding steroid dienone is 3. The van der Waals surface area contributed by atoms with E-state index in [-0.39, 0.29) is 0 Å². The molecule has 0 aromatic carbocycles. The lowest BCUT2D eigenvalue weighted by Gasteiger charge is -2.21. The Balaban J connectivity index is 1.90. The summed E-state index contributed by atoms with van der Waals surface area (Å²) in [6, 6.07) is 0. The van der Waals surface area contributed by atoms with Crippen molar-refractivity contribution >= 4 is 0 Å². The van der Waals surface area contributed by atoms with E-state index in [0.717, 1.165) is 19.0 Å². The molecule has 0 amide bonds. The van der Waals surface area contributed by atoms with E-state index in [9.17, 15) is 0 Å². The lowest BCUT2D eigenvalue weighted by Crippen LogP contribution is -2.19. The van der Waals surface area contributed by atoms with E-state index in [1.54, 1.807) is 11.3 Å². The molecule has 1 unspecified atom stereocenters. The predicted octanol–water partition coefficient (Wildman–Crippen LogP) is 1.81. The van der Waals surface area contributed by atoms with Gasteiger partial charge in [0.05, 0.1) is 0 Å². The Morgan fingerprint density at radius 3 is 3.36 bits per heavy atom. The van der Waals surface area contributed by atoms with Gasteiger partial charge >= 0.3 is 0 Å². The molecule has 0 fully saturated rings. The first-order valence-corrected chi connectivity index (χ1v) is 5.70. The summed E-state index contributed by atoms with van der Waals surface area (Å²) in [5.74, 6) is 0.769. The third-order valence-corrected chi connectivity index (χ3v) is 3.18. The maximum absolute atomic E-state index is 3.54. The Kier molecular flexibility index (Phi) is 3.25. The Labute approximate surface area is 86.5 Å². The Hall–Kier alpha value is -0.760. The molecule has 2 heteroatoms. The minimum Gasteiger partial charge on any atom is -0.388 e. The summed E-state index contributed by atoms with van der Waals surface area (Å²) < 4.78 is 0. The smallest absolute Gasteiger partial charge is 0.0185 e. The van der Waals surface area contributed by atoms with Gasteiger partial charge in [-0.3, -0.25) is 0 Å². The summed E-state index contributed by atoms with van der Waals surface area (Å²) >= 11 is 0. The van der Waals surface area contributed by atoms with Gasteiger partial charge in [0.2, 0.25) is 0 Å². The molecule has 0 spiro atoms. The molecule has 2 N–H and O–H groups in total. The maximum atomic E-state index is 3.54. The minimum absolute atomic E-state index is 0.769. The van der Waals surface area contributed by atoms with E-state index in [1.165, 1.54) is 25.7 Å². The summed E-state index contributed by atoms with van der Waals surface area (Å²) in [7, 11) is 2.03. The van der Waals surface area contributed by atoms with Crippen molar-refractivity contribution in [2.45, 2.75) is 25.7 Å². The summed E-state index contributed by atoms with van der Waals surface area (Å²) in [6.07, 6.45) is 9.72. The van der Waals surface area contributed by atoms with Gasteiger partial charge in [-0.1, -0.05) is 12.2 Å². The van der Waals surface area contributed by atoms with Gasteiger partial charge in [0, 0.05) is 18.2 Å². The number of hydrogen-bond donors (Lipinski definition) is 2. The SMILES string of the molecule is CNCCCC1CC=CC2=C1NCC2. The Morgan fingerprint density at radius 2 is 2.50 bits per heavy atom. The first-order valence-electron chi connectivity index (χ1n) is 5.70. The molecule has 1 heterocycles. The molecule has 1 aliphatic carbocycles. The van der Waals surface area contributed by atoms with Crippen LogP contribution >= 0.6 is 0 Å². The molecule has 2 aliphatic rings.